The third-order valence-electron chi connectivity index (χ3n) is 7.46. The molecule has 1 fully saturated rings. The minimum atomic E-state index is -0.141. The van der Waals surface area contributed by atoms with Crippen LogP contribution in [0.3, 0.4) is 0 Å². The van der Waals surface area contributed by atoms with E-state index in [0.717, 1.165) is 55.0 Å². The molecule has 3 aromatic rings. The summed E-state index contributed by atoms with van der Waals surface area (Å²) in [7, 11) is 3.34. The van der Waals surface area contributed by atoms with E-state index in [1.165, 1.54) is 12.5 Å². The number of carbonyl (C=O) groups is 1. The van der Waals surface area contributed by atoms with Gasteiger partial charge in [-0.2, -0.15) is 0 Å². The van der Waals surface area contributed by atoms with Crippen molar-refractivity contribution in [1.82, 2.24) is 5.32 Å². The number of amides is 1. The molecule has 0 aromatic heterocycles. The van der Waals surface area contributed by atoms with Gasteiger partial charge in [-0.25, -0.2) is 0 Å². The lowest BCUT2D eigenvalue weighted by Crippen LogP contribution is -2.40. The molecule has 0 saturated carbocycles. The third-order valence-corrected chi connectivity index (χ3v) is 7.46. The van der Waals surface area contributed by atoms with Gasteiger partial charge in [0.25, 0.3) is 0 Å². The molecule has 4 rings (SSSR count). The molecule has 44 heavy (non-hydrogen) atoms. The maximum absolute atomic E-state index is 11.7. The molecular weight excluding hydrogens is 560 g/mol. The van der Waals surface area contributed by atoms with Crippen molar-refractivity contribution in [2.24, 2.45) is 0 Å². The Balaban J connectivity index is 1.25. The van der Waals surface area contributed by atoms with Crippen LogP contribution in [0.1, 0.15) is 48.8 Å². The van der Waals surface area contributed by atoms with Crippen molar-refractivity contribution in [1.29, 1.82) is 0 Å². The van der Waals surface area contributed by atoms with Crippen LogP contribution in [-0.2, 0) is 32.2 Å². The highest BCUT2D eigenvalue weighted by Gasteiger charge is 2.27. The quantitative estimate of drug-likeness (QED) is 0.178. The van der Waals surface area contributed by atoms with E-state index in [4.69, 9.17) is 28.4 Å². The summed E-state index contributed by atoms with van der Waals surface area (Å²) in [5.74, 6) is 2.46. The lowest BCUT2D eigenvalue weighted by Gasteiger charge is -2.32. The molecule has 0 spiro atoms. The van der Waals surface area contributed by atoms with Crippen molar-refractivity contribution < 1.29 is 33.2 Å². The van der Waals surface area contributed by atoms with Gasteiger partial charge in [-0.1, -0.05) is 36.4 Å². The normalized spacial score (nSPS) is 16.3. The smallest absolute Gasteiger partial charge is 0.221 e. The minimum Gasteiger partial charge on any atom is -0.496 e. The standard InChI is InChI=1S/C35H46N2O7/c1-26(38)37-32-15-10-27(22-34(32)43-21-6-18-39-2)24-44-35-23-36-17-16-31(35)28-11-13-30(14-12-28)42-20-7-19-41-25-29-8-4-5-9-33(29)40-3/h4-5,8-15,22,31,35-36H,6-7,16-21,23-25H2,1-3H3,(H,37,38). The van der Waals surface area contributed by atoms with Crippen molar-refractivity contribution in [2.75, 3.05) is 59.1 Å². The lowest BCUT2D eigenvalue weighted by atomic mass is 9.87. The van der Waals surface area contributed by atoms with E-state index < -0.39 is 0 Å². The fraction of sp³-hybridized carbons (Fsp3) is 0.457. The Morgan fingerprint density at radius 3 is 2.48 bits per heavy atom. The van der Waals surface area contributed by atoms with Crippen LogP contribution in [0.25, 0.3) is 0 Å². The molecule has 238 valence electrons. The Bertz CT molecular complexity index is 1280. The first kappa shape index (κ1) is 33.3. The highest BCUT2D eigenvalue weighted by molar-refractivity contribution is 5.90. The van der Waals surface area contributed by atoms with Gasteiger partial charge in [0.15, 0.2) is 0 Å². The zero-order valence-corrected chi connectivity index (χ0v) is 26.1. The number of piperidine rings is 1. The van der Waals surface area contributed by atoms with Crippen molar-refractivity contribution in [3.8, 4) is 17.2 Å². The highest BCUT2D eigenvalue weighted by Crippen LogP contribution is 2.31. The van der Waals surface area contributed by atoms with Gasteiger partial charge in [0, 0.05) is 51.5 Å². The van der Waals surface area contributed by atoms with Crippen LogP contribution in [0, 0.1) is 0 Å². The molecule has 9 heteroatoms. The molecule has 9 nitrogen and oxygen atoms in total. The van der Waals surface area contributed by atoms with Crippen LogP contribution < -0.4 is 24.8 Å². The van der Waals surface area contributed by atoms with Crippen LogP contribution in [0.5, 0.6) is 17.2 Å². The average molecular weight is 607 g/mol. The number of ether oxygens (including phenoxy) is 6. The first-order valence-corrected chi connectivity index (χ1v) is 15.3. The number of para-hydroxylation sites is 1. The summed E-state index contributed by atoms with van der Waals surface area (Å²) < 4.78 is 34.7. The summed E-state index contributed by atoms with van der Waals surface area (Å²) in [6.45, 7) is 6.48. The van der Waals surface area contributed by atoms with Crippen molar-refractivity contribution in [3.63, 3.8) is 0 Å². The number of nitrogens with one attached hydrogen (secondary N) is 2. The molecule has 1 heterocycles. The number of hydrogen-bond acceptors (Lipinski definition) is 8. The van der Waals surface area contributed by atoms with Crippen molar-refractivity contribution >= 4 is 11.6 Å². The van der Waals surface area contributed by atoms with Gasteiger partial charge in [-0.15, -0.1) is 0 Å². The largest absolute Gasteiger partial charge is 0.496 e. The second-order valence-electron chi connectivity index (χ2n) is 10.8. The number of anilines is 1. The fourth-order valence-electron chi connectivity index (χ4n) is 5.21. The van der Waals surface area contributed by atoms with E-state index >= 15 is 0 Å². The predicted octanol–water partition coefficient (Wildman–Crippen LogP) is 5.72. The number of hydrogen-bond donors (Lipinski definition) is 2. The maximum Gasteiger partial charge on any atom is 0.221 e. The monoisotopic (exact) mass is 606 g/mol. The number of methoxy groups -OCH3 is 2. The predicted molar refractivity (Wildman–Crippen MR) is 171 cm³/mol. The van der Waals surface area contributed by atoms with Gasteiger partial charge in [0.2, 0.25) is 5.91 Å². The van der Waals surface area contributed by atoms with Crippen molar-refractivity contribution in [3.05, 3.63) is 83.4 Å². The van der Waals surface area contributed by atoms with Gasteiger partial charge in [-0.05, 0) is 54.4 Å². The summed E-state index contributed by atoms with van der Waals surface area (Å²) in [6.07, 6.45) is 2.57. The minimum absolute atomic E-state index is 0.0250. The molecule has 2 unspecified atom stereocenters. The summed E-state index contributed by atoms with van der Waals surface area (Å²) in [6, 6.07) is 22.0. The maximum atomic E-state index is 11.7. The topological polar surface area (TPSA) is 96.5 Å². The van der Waals surface area contributed by atoms with Crippen molar-refractivity contribution in [2.45, 2.75) is 51.4 Å². The van der Waals surface area contributed by atoms with E-state index in [-0.39, 0.29) is 17.9 Å². The Morgan fingerprint density at radius 2 is 1.68 bits per heavy atom. The van der Waals surface area contributed by atoms with Crippen LogP contribution in [0.4, 0.5) is 5.69 Å². The van der Waals surface area contributed by atoms with Gasteiger partial charge in [0.1, 0.15) is 17.2 Å². The molecule has 1 aliphatic heterocycles. The number of rotatable bonds is 18. The zero-order valence-electron chi connectivity index (χ0n) is 26.1. The van der Waals surface area contributed by atoms with Crippen LogP contribution >= 0.6 is 0 Å². The number of benzene rings is 3. The second kappa shape index (κ2) is 18.2. The molecule has 1 aliphatic rings. The Labute approximate surface area is 261 Å². The van der Waals surface area contributed by atoms with E-state index in [1.807, 2.05) is 54.6 Å². The molecule has 0 bridgehead atoms. The summed E-state index contributed by atoms with van der Waals surface area (Å²) >= 11 is 0. The van der Waals surface area contributed by atoms with Gasteiger partial charge < -0.3 is 39.1 Å². The van der Waals surface area contributed by atoms with E-state index in [0.29, 0.717) is 51.1 Å². The molecule has 0 aliphatic carbocycles. The Morgan fingerprint density at radius 1 is 0.886 bits per heavy atom. The first-order chi connectivity index (χ1) is 21.6. The molecule has 2 atom stereocenters. The summed E-state index contributed by atoms with van der Waals surface area (Å²) in [5.41, 5.74) is 3.92. The van der Waals surface area contributed by atoms with Gasteiger partial charge >= 0.3 is 0 Å². The number of carbonyl (C=O) groups excluding carboxylic acids is 1. The van der Waals surface area contributed by atoms with Crippen LogP contribution in [0.15, 0.2) is 66.7 Å². The molecular formula is C35H46N2O7. The van der Waals surface area contributed by atoms with E-state index in [1.54, 1.807) is 14.2 Å². The van der Waals surface area contributed by atoms with Crippen LogP contribution in [0.2, 0.25) is 0 Å². The summed E-state index contributed by atoms with van der Waals surface area (Å²) in [5, 5.41) is 6.32. The summed E-state index contributed by atoms with van der Waals surface area (Å²) in [4.78, 5) is 11.7. The SMILES string of the molecule is COCCCOc1cc(COC2CNCCC2c2ccc(OCCCOCc3ccccc3OC)cc2)ccc1NC(C)=O. The third kappa shape index (κ3) is 10.5. The molecule has 2 N–H and O–H groups in total. The molecule has 3 aromatic carbocycles. The van der Waals surface area contributed by atoms with Gasteiger partial charge in [-0.3, -0.25) is 4.79 Å². The van der Waals surface area contributed by atoms with E-state index in [9.17, 15) is 4.79 Å². The fourth-order valence-corrected chi connectivity index (χ4v) is 5.21. The second-order valence-corrected chi connectivity index (χ2v) is 10.8. The molecule has 1 amide bonds. The average Bonchev–Trinajstić information content (AvgIpc) is 3.05. The lowest BCUT2D eigenvalue weighted by molar-refractivity contribution is -0.114. The highest BCUT2D eigenvalue weighted by atomic mass is 16.5. The molecule has 1 saturated heterocycles. The Kier molecular flexibility index (Phi) is 13.8. The zero-order chi connectivity index (χ0) is 31.0. The van der Waals surface area contributed by atoms with Gasteiger partial charge in [0.05, 0.1) is 51.9 Å². The first-order valence-electron chi connectivity index (χ1n) is 15.3. The molecule has 0 radical (unpaired) electrons. The van der Waals surface area contributed by atoms with Crippen LogP contribution in [-0.4, -0.2) is 65.7 Å². The van der Waals surface area contributed by atoms with E-state index in [2.05, 4.69) is 22.8 Å². The Hall–Kier alpha value is -3.63.